The third-order valence-corrected chi connectivity index (χ3v) is 13.6. The van der Waals surface area contributed by atoms with E-state index < -0.39 is 46.3 Å². The number of ketones is 1. The molecule has 3 aliphatic rings. The molecule has 2 aromatic carbocycles. The van der Waals surface area contributed by atoms with Gasteiger partial charge in [-0.25, -0.2) is 9.18 Å². The number of halogens is 1. The van der Waals surface area contributed by atoms with E-state index in [9.17, 15) is 39.1 Å². The minimum absolute atomic E-state index is 0.0163. The lowest BCUT2D eigenvalue weighted by atomic mass is 9.87. The number of Topliss-reactive ketones (excluding diaryl/α,β-unsaturated/α-hetero) is 1. The van der Waals surface area contributed by atoms with Crippen LogP contribution in [0.15, 0.2) is 65.9 Å². The number of rotatable bonds is 19. The van der Waals surface area contributed by atoms with Gasteiger partial charge in [-0.1, -0.05) is 11.2 Å². The molecule has 0 saturated carbocycles. The standard InChI is InChI=1S/C40H50FN5O11P2/c1-25(47)42-23-32-24-46(40(50)56-32)29-7-10-33(34(41)19-29)28-6-11-35(43-22-28)36-20-31(57-44-36)21-38(49)27-12-15-45(16-13-27)17-14-37(48)26-4-8-30(9-5-26)55-18-2-3-39(58(51)52)59(53)54/h4-11,19,22,27,31-32,38-39,49,51-54H,2-3,12-18,20-21,23-24H2,1H3,(H,42,47). The number of aliphatic hydroxyl groups is 1. The van der Waals surface area contributed by atoms with Crippen molar-refractivity contribution in [2.24, 2.45) is 11.1 Å². The summed E-state index contributed by atoms with van der Waals surface area (Å²) in [5.41, 5.74) is 3.01. The molecule has 3 atom stereocenters. The van der Waals surface area contributed by atoms with Gasteiger partial charge < -0.3 is 49.2 Å². The van der Waals surface area contributed by atoms with Crippen LogP contribution in [0.3, 0.4) is 0 Å². The number of aromatic nitrogens is 1. The number of hydrogen-bond donors (Lipinski definition) is 6. The zero-order chi connectivity index (χ0) is 42.1. The molecule has 2 saturated heterocycles. The third kappa shape index (κ3) is 12.2. The van der Waals surface area contributed by atoms with Crippen LogP contribution in [-0.2, 0) is 14.4 Å². The number of oxime groups is 1. The molecule has 0 radical (unpaired) electrons. The summed E-state index contributed by atoms with van der Waals surface area (Å²) in [6.07, 6.45) is 3.00. The summed E-state index contributed by atoms with van der Waals surface area (Å²) >= 11 is 0. The first-order valence-electron chi connectivity index (χ1n) is 19.6. The molecule has 3 aromatic rings. The SMILES string of the molecule is CC(=O)NCC1CN(c2ccc(-c3ccc(C4=NOC(CC(O)C5CCN(CCC(=O)c6ccc(OCCCC(P(O)O)P(O)O)cc6)CC5)C4)nc3)c(F)c2)C(=O)O1. The highest BCUT2D eigenvalue weighted by Gasteiger charge is 2.34. The van der Waals surface area contributed by atoms with Gasteiger partial charge >= 0.3 is 6.09 Å². The number of benzene rings is 2. The number of carbonyl (C=O) groups is 3. The molecule has 6 N–H and O–H groups in total. The molecule has 1 aromatic heterocycles. The van der Waals surface area contributed by atoms with Crippen LogP contribution < -0.4 is 15.0 Å². The maximum atomic E-state index is 15.3. The Morgan fingerprint density at radius 2 is 1.78 bits per heavy atom. The van der Waals surface area contributed by atoms with Crippen molar-refractivity contribution in [1.82, 2.24) is 15.2 Å². The molecule has 4 heterocycles. The monoisotopic (exact) mass is 857 g/mol. The summed E-state index contributed by atoms with van der Waals surface area (Å²) in [7, 11) is -4.86. The number of hydrogen-bond acceptors (Lipinski definition) is 14. The van der Waals surface area contributed by atoms with Gasteiger partial charge in [-0.2, -0.15) is 0 Å². The highest BCUT2D eigenvalue weighted by atomic mass is 31.2. The Balaban J connectivity index is 0.886. The predicted octanol–water partition coefficient (Wildman–Crippen LogP) is 4.66. The van der Waals surface area contributed by atoms with Gasteiger partial charge in [0.1, 0.15) is 29.5 Å². The van der Waals surface area contributed by atoms with Crippen LogP contribution in [0.25, 0.3) is 11.1 Å². The molecule has 3 aliphatic heterocycles. The van der Waals surface area contributed by atoms with Crippen molar-refractivity contribution in [3.8, 4) is 16.9 Å². The van der Waals surface area contributed by atoms with E-state index in [1.807, 2.05) is 0 Å². The Morgan fingerprint density at radius 3 is 2.44 bits per heavy atom. The van der Waals surface area contributed by atoms with Gasteiger partial charge in [-0.05, 0) is 93.2 Å². The average molecular weight is 858 g/mol. The zero-order valence-electron chi connectivity index (χ0n) is 32.6. The number of likely N-dealkylation sites (tertiary alicyclic amines) is 1. The molecule has 16 nitrogen and oxygen atoms in total. The zero-order valence-corrected chi connectivity index (χ0v) is 34.4. The molecule has 0 spiro atoms. The highest BCUT2D eigenvalue weighted by molar-refractivity contribution is 7.64. The Bertz CT molecular complexity index is 1930. The van der Waals surface area contributed by atoms with Crippen LogP contribution in [0.4, 0.5) is 14.9 Å². The smallest absolute Gasteiger partial charge is 0.414 e. The molecule has 2 amide bonds. The van der Waals surface area contributed by atoms with Gasteiger partial charge in [0.05, 0.1) is 42.6 Å². The summed E-state index contributed by atoms with van der Waals surface area (Å²) in [6.45, 7) is 4.14. The van der Waals surface area contributed by atoms with E-state index in [-0.39, 0.29) is 49.8 Å². The first-order valence-corrected chi connectivity index (χ1v) is 22.2. The third-order valence-electron chi connectivity index (χ3n) is 10.7. The lowest BCUT2D eigenvalue weighted by Crippen LogP contribution is -2.39. The quantitative estimate of drug-likeness (QED) is 0.0549. The van der Waals surface area contributed by atoms with Crippen LogP contribution in [0.5, 0.6) is 5.75 Å². The van der Waals surface area contributed by atoms with E-state index in [4.69, 9.17) is 14.3 Å². The van der Waals surface area contributed by atoms with E-state index in [0.717, 1.165) is 25.9 Å². The number of pyridine rings is 1. The van der Waals surface area contributed by atoms with Crippen LogP contribution in [0, 0.1) is 11.7 Å². The molecule has 2 fully saturated rings. The van der Waals surface area contributed by atoms with Crippen LogP contribution in [0.1, 0.15) is 67.9 Å². The van der Waals surface area contributed by atoms with Crippen LogP contribution in [0.2, 0.25) is 0 Å². The maximum absolute atomic E-state index is 15.3. The Kier molecular flexibility index (Phi) is 15.7. The lowest BCUT2D eigenvalue weighted by Gasteiger charge is -2.34. The maximum Gasteiger partial charge on any atom is 0.414 e. The fourth-order valence-electron chi connectivity index (χ4n) is 7.38. The largest absolute Gasteiger partial charge is 0.494 e. The van der Waals surface area contributed by atoms with Crippen LogP contribution in [-0.4, -0.2) is 121 Å². The highest BCUT2D eigenvalue weighted by Crippen LogP contribution is 2.51. The van der Waals surface area contributed by atoms with Gasteiger partial charge in [0, 0.05) is 55.6 Å². The second-order valence-electron chi connectivity index (χ2n) is 14.9. The first kappa shape index (κ1) is 44.4. The normalized spacial score (nSPS) is 19.3. The molecule has 6 rings (SSSR count). The molecule has 0 aliphatic carbocycles. The van der Waals surface area contributed by atoms with Crippen molar-refractivity contribution >= 4 is 45.9 Å². The Labute approximate surface area is 343 Å². The van der Waals surface area contributed by atoms with E-state index in [0.29, 0.717) is 71.8 Å². The number of piperidine rings is 1. The summed E-state index contributed by atoms with van der Waals surface area (Å²) < 4.78 is 26.2. The molecule has 19 heteroatoms. The number of nitrogens with zero attached hydrogens (tertiary/aromatic N) is 4. The van der Waals surface area contributed by atoms with Gasteiger partial charge in [0.25, 0.3) is 0 Å². The number of cyclic esters (lactones) is 1. The van der Waals surface area contributed by atoms with Gasteiger partial charge in [-0.15, -0.1) is 0 Å². The number of amides is 2. The fourth-order valence-corrected chi connectivity index (χ4v) is 8.94. The van der Waals surface area contributed by atoms with Gasteiger partial charge in [-0.3, -0.25) is 19.5 Å². The summed E-state index contributed by atoms with van der Waals surface area (Å²) in [6, 6.07) is 14.8. The van der Waals surface area contributed by atoms with E-state index >= 15 is 4.39 Å². The molecular weight excluding hydrogens is 807 g/mol. The van der Waals surface area contributed by atoms with E-state index in [1.54, 1.807) is 54.7 Å². The summed E-state index contributed by atoms with van der Waals surface area (Å²) in [5, 5.41) is 17.0. The molecule has 3 unspecified atom stereocenters. The Hall–Kier alpha value is -4.18. The van der Waals surface area contributed by atoms with Crippen molar-refractivity contribution in [3.05, 3.63) is 77.9 Å². The number of anilines is 1. The predicted molar refractivity (Wildman–Crippen MR) is 218 cm³/mol. The molecule has 59 heavy (non-hydrogen) atoms. The fraction of sp³-hybridized carbons (Fsp3) is 0.475. The molecule has 0 bridgehead atoms. The number of nitrogens with one attached hydrogen (secondary N) is 1. The molecule has 318 valence electrons. The van der Waals surface area contributed by atoms with Gasteiger partial charge in [0.2, 0.25) is 5.91 Å². The number of carbonyl (C=O) groups excluding carboxylic acids is 3. The second-order valence-corrected chi connectivity index (χ2v) is 17.8. The average Bonchev–Trinajstić information content (AvgIpc) is 3.85. The minimum atomic E-state index is -2.43. The van der Waals surface area contributed by atoms with Crippen LogP contribution >= 0.6 is 16.8 Å². The van der Waals surface area contributed by atoms with Crippen molar-refractivity contribution < 1.29 is 57.8 Å². The van der Waals surface area contributed by atoms with Crippen molar-refractivity contribution in [2.75, 3.05) is 44.2 Å². The van der Waals surface area contributed by atoms with Gasteiger partial charge in [0.15, 0.2) is 22.5 Å². The topological polar surface area (TPSA) is 224 Å². The summed E-state index contributed by atoms with van der Waals surface area (Å²) in [4.78, 5) is 87.4. The van der Waals surface area contributed by atoms with E-state index in [2.05, 4.69) is 20.4 Å². The first-order chi connectivity index (χ1) is 28.3. The minimum Gasteiger partial charge on any atom is -0.494 e. The van der Waals surface area contributed by atoms with Crippen molar-refractivity contribution in [3.63, 3.8) is 0 Å². The van der Waals surface area contributed by atoms with E-state index in [1.165, 1.54) is 17.9 Å². The van der Waals surface area contributed by atoms with Crippen molar-refractivity contribution in [2.45, 2.75) is 75.6 Å². The molecular formula is C40H50FN5O11P2. The second kappa shape index (κ2) is 20.9. The number of aliphatic hydroxyl groups excluding tert-OH is 1. The Morgan fingerprint density at radius 1 is 1.03 bits per heavy atom. The van der Waals surface area contributed by atoms with Crippen molar-refractivity contribution in [1.29, 1.82) is 0 Å². The number of ether oxygens (including phenoxy) is 2. The summed E-state index contributed by atoms with van der Waals surface area (Å²) in [5.74, 6) is -0.0961. The lowest BCUT2D eigenvalue weighted by molar-refractivity contribution is -0.119.